The van der Waals surface area contributed by atoms with E-state index in [0.29, 0.717) is 5.82 Å². The minimum absolute atomic E-state index is 0.704. The molecule has 0 aliphatic carbocycles. The smallest absolute Gasteiger partial charge is 0.136 e. The number of hydrogen-bond donors (Lipinski definition) is 2. The van der Waals surface area contributed by atoms with Crippen molar-refractivity contribution in [3.8, 4) is 5.75 Å². The lowest BCUT2D eigenvalue weighted by atomic mass is 10.1. The molecule has 0 fully saturated rings. The Morgan fingerprint density at radius 1 is 1.00 bits per heavy atom. The van der Waals surface area contributed by atoms with Crippen LogP contribution >= 0.6 is 11.6 Å². The van der Waals surface area contributed by atoms with Crippen molar-refractivity contribution in [2.24, 2.45) is 0 Å². The average molecular weight is 383 g/mol. The summed E-state index contributed by atoms with van der Waals surface area (Å²) in [4.78, 5) is 8.94. The van der Waals surface area contributed by atoms with Crippen LogP contribution in [-0.4, -0.2) is 23.6 Å². The maximum Gasteiger partial charge on any atom is 0.136 e. The summed E-state index contributed by atoms with van der Waals surface area (Å²) in [6.07, 6.45) is 0.874. The number of hydrogen-bond acceptors (Lipinski definition) is 5. The fourth-order valence-electron chi connectivity index (χ4n) is 2.79. The van der Waals surface area contributed by atoms with Crippen LogP contribution in [0.2, 0.25) is 5.02 Å². The molecule has 0 spiro atoms. The van der Waals surface area contributed by atoms with Crippen LogP contribution in [0.1, 0.15) is 17.0 Å². The first-order chi connectivity index (χ1) is 13.0. The second-order valence-corrected chi connectivity index (χ2v) is 6.73. The van der Waals surface area contributed by atoms with Gasteiger partial charge in [-0.2, -0.15) is 0 Å². The molecule has 0 radical (unpaired) electrons. The number of aromatic nitrogens is 2. The second-order valence-electron chi connectivity index (χ2n) is 6.30. The number of rotatable bonds is 7. The van der Waals surface area contributed by atoms with Crippen molar-refractivity contribution in [2.75, 3.05) is 24.3 Å². The van der Waals surface area contributed by atoms with E-state index in [1.54, 1.807) is 7.11 Å². The van der Waals surface area contributed by atoms with Crippen molar-refractivity contribution in [3.05, 3.63) is 70.5 Å². The van der Waals surface area contributed by atoms with E-state index in [9.17, 15) is 0 Å². The number of methoxy groups -OCH3 is 1. The van der Waals surface area contributed by atoms with E-state index < -0.39 is 0 Å². The van der Waals surface area contributed by atoms with Crippen LogP contribution < -0.4 is 15.4 Å². The number of benzene rings is 2. The molecule has 2 N–H and O–H groups in total. The predicted molar refractivity (Wildman–Crippen MR) is 111 cm³/mol. The van der Waals surface area contributed by atoms with Crippen molar-refractivity contribution < 1.29 is 4.74 Å². The molecule has 3 rings (SSSR count). The Balaban J connectivity index is 1.66. The molecular weight excluding hydrogens is 360 g/mol. The fraction of sp³-hybridized carbons (Fsp3) is 0.238. The third-order valence-electron chi connectivity index (χ3n) is 4.14. The van der Waals surface area contributed by atoms with Crippen molar-refractivity contribution in [3.63, 3.8) is 0 Å². The summed E-state index contributed by atoms with van der Waals surface area (Å²) in [6.45, 7) is 4.66. The van der Waals surface area contributed by atoms with Crippen LogP contribution in [0.5, 0.6) is 5.75 Å². The van der Waals surface area contributed by atoms with Crippen molar-refractivity contribution in [1.29, 1.82) is 0 Å². The van der Waals surface area contributed by atoms with E-state index in [4.69, 9.17) is 16.3 Å². The zero-order valence-electron chi connectivity index (χ0n) is 15.7. The summed E-state index contributed by atoms with van der Waals surface area (Å²) >= 11 is 6.03. The molecule has 0 atom stereocenters. The summed E-state index contributed by atoms with van der Waals surface area (Å²) in [6, 6.07) is 15.7. The normalized spacial score (nSPS) is 10.5. The zero-order chi connectivity index (χ0) is 19.2. The Bertz CT molecular complexity index is 930. The quantitative estimate of drug-likeness (QED) is 0.591. The molecule has 1 aromatic heterocycles. The lowest BCUT2D eigenvalue weighted by Crippen LogP contribution is -2.08. The highest BCUT2D eigenvalue weighted by Crippen LogP contribution is 2.23. The number of halogens is 1. The van der Waals surface area contributed by atoms with Crippen LogP contribution in [0.3, 0.4) is 0 Å². The maximum atomic E-state index is 6.03. The van der Waals surface area contributed by atoms with E-state index in [2.05, 4.69) is 26.7 Å². The van der Waals surface area contributed by atoms with Crippen LogP contribution in [0.15, 0.2) is 48.5 Å². The monoisotopic (exact) mass is 382 g/mol. The highest BCUT2D eigenvalue weighted by molar-refractivity contribution is 6.30. The minimum Gasteiger partial charge on any atom is -0.497 e. The third kappa shape index (κ3) is 5.34. The Kier molecular flexibility index (Phi) is 6.14. The molecule has 0 saturated carbocycles. The topological polar surface area (TPSA) is 59.1 Å². The Morgan fingerprint density at radius 2 is 1.81 bits per heavy atom. The molecule has 0 aliphatic rings. The van der Waals surface area contributed by atoms with Gasteiger partial charge in [-0.15, -0.1) is 0 Å². The lowest BCUT2D eigenvalue weighted by molar-refractivity contribution is 0.414. The summed E-state index contributed by atoms with van der Waals surface area (Å²) in [5.41, 5.74) is 3.24. The fourth-order valence-corrected chi connectivity index (χ4v) is 3.02. The van der Waals surface area contributed by atoms with Gasteiger partial charge in [0.05, 0.1) is 7.11 Å². The molecular formula is C21H23ClN4O. The number of aryl methyl sites for hydroxylation is 2. The summed E-state index contributed by atoms with van der Waals surface area (Å²) in [7, 11) is 1.68. The summed E-state index contributed by atoms with van der Waals surface area (Å²) in [5, 5.41) is 7.43. The first-order valence-corrected chi connectivity index (χ1v) is 9.17. The molecule has 0 saturated heterocycles. The first-order valence-electron chi connectivity index (χ1n) is 8.79. The van der Waals surface area contributed by atoms with E-state index in [0.717, 1.165) is 46.6 Å². The number of ether oxygens (including phenoxy) is 1. The third-order valence-corrected chi connectivity index (χ3v) is 4.38. The van der Waals surface area contributed by atoms with Gasteiger partial charge in [-0.05, 0) is 61.7 Å². The molecule has 1 heterocycles. The van der Waals surface area contributed by atoms with Crippen LogP contribution in [-0.2, 0) is 6.42 Å². The Labute approximate surface area is 164 Å². The van der Waals surface area contributed by atoms with E-state index in [1.807, 2.05) is 56.3 Å². The minimum atomic E-state index is 0.704. The first kappa shape index (κ1) is 19.0. The number of nitrogens with one attached hydrogen (secondary N) is 2. The molecule has 140 valence electrons. The number of anilines is 3. The lowest BCUT2D eigenvalue weighted by Gasteiger charge is -2.12. The van der Waals surface area contributed by atoms with Crippen LogP contribution in [0.4, 0.5) is 17.3 Å². The Hall–Kier alpha value is -2.79. The predicted octanol–water partition coefficient (Wildman–Crippen LogP) is 5.15. The van der Waals surface area contributed by atoms with Gasteiger partial charge in [0.25, 0.3) is 0 Å². The molecule has 0 amide bonds. The largest absolute Gasteiger partial charge is 0.497 e. The molecule has 5 nitrogen and oxygen atoms in total. The van der Waals surface area contributed by atoms with Crippen molar-refractivity contribution in [1.82, 2.24) is 9.97 Å². The zero-order valence-corrected chi connectivity index (χ0v) is 16.5. The van der Waals surface area contributed by atoms with Gasteiger partial charge in [-0.3, -0.25) is 0 Å². The highest BCUT2D eigenvalue weighted by atomic mass is 35.5. The molecule has 0 aliphatic heterocycles. The SMILES string of the molecule is COc1cccc(CCNc2cc(Nc3ccc(Cl)cc3C)nc(C)n2)c1. The van der Waals surface area contributed by atoms with Gasteiger partial charge in [0, 0.05) is 23.3 Å². The molecule has 2 aromatic carbocycles. The van der Waals surface area contributed by atoms with Crippen molar-refractivity contribution >= 4 is 28.9 Å². The average Bonchev–Trinajstić information content (AvgIpc) is 2.64. The van der Waals surface area contributed by atoms with Gasteiger partial charge in [0.15, 0.2) is 0 Å². The standard InChI is InChI=1S/C21H23ClN4O/c1-14-11-17(22)7-8-19(14)26-21-13-20(24-15(2)25-21)23-10-9-16-5-4-6-18(12-16)27-3/h4-8,11-13H,9-10H2,1-3H3,(H2,23,24,25,26). The summed E-state index contributed by atoms with van der Waals surface area (Å²) < 4.78 is 5.27. The molecule has 27 heavy (non-hydrogen) atoms. The van der Waals surface area contributed by atoms with Gasteiger partial charge in [0.1, 0.15) is 23.2 Å². The molecule has 0 bridgehead atoms. The Morgan fingerprint density at radius 3 is 2.59 bits per heavy atom. The highest BCUT2D eigenvalue weighted by Gasteiger charge is 2.05. The van der Waals surface area contributed by atoms with Gasteiger partial charge < -0.3 is 15.4 Å². The van der Waals surface area contributed by atoms with Gasteiger partial charge in [-0.1, -0.05) is 23.7 Å². The molecule has 3 aromatic rings. The van der Waals surface area contributed by atoms with Gasteiger partial charge >= 0.3 is 0 Å². The van der Waals surface area contributed by atoms with Crippen molar-refractivity contribution in [2.45, 2.75) is 20.3 Å². The van der Waals surface area contributed by atoms with Crippen LogP contribution in [0, 0.1) is 13.8 Å². The van der Waals surface area contributed by atoms with Crippen LogP contribution in [0.25, 0.3) is 0 Å². The van der Waals surface area contributed by atoms with Gasteiger partial charge in [0.2, 0.25) is 0 Å². The second kappa shape index (κ2) is 8.73. The molecule has 6 heteroatoms. The maximum absolute atomic E-state index is 6.03. The molecule has 0 unspecified atom stereocenters. The van der Waals surface area contributed by atoms with Gasteiger partial charge in [-0.25, -0.2) is 9.97 Å². The number of nitrogens with zero attached hydrogens (tertiary/aromatic N) is 2. The summed E-state index contributed by atoms with van der Waals surface area (Å²) in [5.74, 6) is 3.11. The van der Waals surface area contributed by atoms with E-state index in [1.165, 1.54) is 5.56 Å². The van der Waals surface area contributed by atoms with E-state index in [-0.39, 0.29) is 0 Å². The van der Waals surface area contributed by atoms with E-state index >= 15 is 0 Å².